The molecule has 3 aromatic rings. The molecule has 1 N–H and O–H groups in total. The van der Waals surface area contributed by atoms with Gasteiger partial charge in [0.05, 0.1) is 36.5 Å². The molecule has 2 heterocycles. The highest BCUT2D eigenvalue weighted by Crippen LogP contribution is 2.54. The lowest BCUT2D eigenvalue weighted by atomic mass is 9.78. The summed E-state index contributed by atoms with van der Waals surface area (Å²) >= 11 is 0. The van der Waals surface area contributed by atoms with Crippen LogP contribution in [0.25, 0.3) is 0 Å². The number of carbonyl (C=O) groups excluding carboxylic acids is 1. The number of alkyl halides is 3. The van der Waals surface area contributed by atoms with Crippen molar-refractivity contribution in [3.8, 4) is 17.9 Å². The molecule has 5 rings (SSSR count). The van der Waals surface area contributed by atoms with E-state index in [2.05, 4.69) is 4.74 Å². The van der Waals surface area contributed by atoms with Crippen LogP contribution in [-0.4, -0.2) is 36.3 Å². The Bertz CT molecular complexity index is 1440. The molecule has 2 fully saturated rings. The minimum absolute atomic E-state index is 0.0357. The molecule has 0 aliphatic carbocycles. The summed E-state index contributed by atoms with van der Waals surface area (Å²) in [6.07, 6.45) is -4.97. The van der Waals surface area contributed by atoms with Gasteiger partial charge in [0.1, 0.15) is 11.3 Å². The van der Waals surface area contributed by atoms with Crippen molar-refractivity contribution in [2.45, 2.75) is 17.6 Å². The van der Waals surface area contributed by atoms with Crippen molar-refractivity contribution < 1.29 is 32.5 Å². The number of nitrogens with zero attached hydrogens (tertiary/aromatic N) is 4. The maximum Gasteiger partial charge on any atom is 0.573 e. The Morgan fingerprint density at radius 2 is 1.43 bits per heavy atom. The lowest BCUT2D eigenvalue weighted by molar-refractivity contribution is -0.274. The van der Waals surface area contributed by atoms with Gasteiger partial charge in [-0.1, -0.05) is 12.1 Å². The Balaban J connectivity index is 1.72. The summed E-state index contributed by atoms with van der Waals surface area (Å²) in [7, 11) is 0. The number of carbonyl (C=O) groups is 1. The first kappa shape index (κ1) is 24.1. The predicted octanol–water partition coefficient (Wildman–Crippen LogP) is 4.39. The summed E-state index contributed by atoms with van der Waals surface area (Å²) in [6, 6.07) is 20.1. The van der Waals surface area contributed by atoms with E-state index in [0.717, 1.165) is 17.0 Å². The Morgan fingerprint density at radius 1 is 0.892 bits per heavy atom. The number of benzene rings is 3. The topological polar surface area (TPSA) is 110 Å². The average Bonchev–Trinajstić information content (AvgIpc) is 3.07. The fourth-order valence-corrected chi connectivity index (χ4v) is 4.74. The van der Waals surface area contributed by atoms with E-state index in [0.29, 0.717) is 16.8 Å². The largest absolute Gasteiger partial charge is 0.573 e. The molecule has 1 atom stereocenters. The fraction of sp³-hybridized carbons (Fsp3) is 0.192. The molecule has 0 radical (unpaired) electrons. The zero-order valence-corrected chi connectivity index (χ0v) is 18.9. The highest BCUT2D eigenvalue weighted by molar-refractivity contribution is 6.10. The summed E-state index contributed by atoms with van der Waals surface area (Å²) in [4.78, 5) is 16.4. The van der Waals surface area contributed by atoms with Crippen LogP contribution in [0.5, 0.6) is 5.75 Å². The van der Waals surface area contributed by atoms with E-state index in [9.17, 15) is 28.3 Å². The van der Waals surface area contributed by atoms with Gasteiger partial charge in [0.2, 0.25) is 5.72 Å². The van der Waals surface area contributed by atoms with Gasteiger partial charge in [-0.05, 0) is 60.7 Å². The first-order valence-electron chi connectivity index (χ1n) is 10.9. The molecule has 1 spiro atoms. The van der Waals surface area contributed by atoms with Gasteiger partial charge in [-0.15, -0.1) is 13.2 Å². The smallest absolute Gasteiger partial charge is 0.406 e. The number of hydrogen-bond acceptors (Lipinski definition) is 6. The predicted molar refractivity (Wildman–Crippen MR) is 123 cm³/mol. The molecule has 186 valence electrons. The second-order valence-corrected chi connectivity index (χ2v) is 8.54. The molecule has 2 aliphatic heterocycles. The maximum atomic E-state index is 14.0. The van der Waals surface area contributed by atoms with Crippen molar-refractivity contribution in [3.63, 3.8) is 0 Å². The van der Waals surface area contributed by atoms with Crippen molar-refractivity contribution in [1.29, 1.82) is 10.5 Å². The summed E-state index contributed by atoms with van der Waals surface area (Å²) in [6.45, 7) is -0.265. The van der Waals surface area contributed by atoms with Crippen LogP contribution in [0.3, 0.4) is 0 Å². The summed E-state index contributed by atoms with van der Waals surface area (Å²) in [5.41, 5.74) is -2.47. The van der Waals surface area contributed by atoms with Crippen molar-refractivity contribution in [3.05, 3.63) is 89.5 Å². The van der Waals surface area contributed by atoms with E-state index >= 15 is 0 Å². The van der Waals surface area contributed by atoms with Gasteiger partial charge in [-0.3, -0.25) is 9.80 Å². The second kappa shape index (κ2) is 8.52. The van der Waals surface area contributed by atoms with E-state index in [1.807, 2.05) is 12.1 Å². The van der Waals surface area contributed by atoms with Gasteiger partial charge in [0.15, 0.2) is 0 Å². The fourth-order valence-electron chi connectivity index (χ4n) is 4.74. The Kier molecular flexibility index (Phi) is 5.56. The van der Waals surface area contributed by atoms with Crippen LogP contribution >= 0.6 is 0 Å². The highest BCUT2D eigenvalue weighted by atomic mass is 19.4. The molecule has 0 saturated carbocycles. The maximum absolute atomic E-state index is 14.0. The van der Waals surface area contributed by atoms with Crippen LogP contribution in [0.15, 0.2) is 72.8 Å². The number of anilines is 2. The van der Waals surface area contributed by atoms with E-state index < -0.39 is 29.4 Å². The molecule has 0 bridgehead atoms. The van der Waals surface area contributed by atoms with Gasteiger partial charge in [0, 0.05) is 16.9 Å². The average molecular weight is 506 g/mol. The van der Waals surface area contributed by atoms with Crippen LogP contribution in [0.2, 0.25) is 0 Å². The Labute approximate surface area is 208 Å². The van der Waals surface area contributed by atoms with Crippen molar-refractivity contribution in [2.24, 2.45) is 0 Å². The van der Waals surface area contributed by atoms with Crippen LogP contribution < -0.4 is 14.5 Å². The lowest BCUT2D eigenvalue weighted by Gasteiger charge is -2.51. The standard InChI is InChI=1S/C26H17F3N4O4/c27-26(28,29)37-22-3-1-2-19(12-22)25(35)24(15-36-16-24)32(20-8-4-17(13-30)5-9-20)23(34)33(25)21-10-6-18(14-31)7-11-21/h1-12,35H,15-16H2. The molecule has 1 unspecified atom stereocenters. The minimum Gasteiger partial charge on any atom is -0.406 e. The second-order valence-electron chi connectivity index (χ2n) is 8.54. The number of aliphatic hydroxyl groups is 1. The first-order valence-corrected chi connectivity index (χ1v) is 10.9. The molecule has 0 aromatic heterocycles. The lowest BCUT2D eigenvalue weighted by Crippen LogP contribution is -2.70. The third-order valence-corrected chi connectivity index (χ3v) is 6.44. The molecule has 2 saturated heterocycles. The summed E-state index contributed by atoms with van der Waals surface area (Å²) < 4.78 is 48.4. The van der Waals surface area contributed by atoms with E-state index in [1.54, 1.807) is 12.1 Å². The van der Waals surface area contributed by atoms with Crippen LogP contribution in [0.1, 0.15) is 16.7 Å². The Morgan fingerprint density at radius 3 is 1.89 bits per heavy atom. The van der Waals surface area contributed by atoms with Gasteiger partial charge in [-0.25, -0.2) is 4.79 Å². The third kappa shape index (κ3) is 3.73. The normalized spacial score (nSPS) is 20.3. The van der Waals surface area contributed by atoms with Crippen molar-refractivity contribution in [1.82, 2.24) is 0 Å². The zero-order valence-electron chi connectivity index (χ0n) is 18.9. The number of hydrogen-bond donors (Lipinski definition) is 1. The van der Waals surface area contributed by atoms with E-state index in [4.69, 9.17) is 10.00 Å². The van der Waals surface area contributed by atoms with Crippen LogP contribution in [-0.2, 0) is 10.5 Å². The molecular formula is C26H17F3N4O4. The monoisotopic (exact) mass is 506 g/mol. The zero-order chi connectivity index (χ0) is 26.4. The number of urea groups is 1. The Hall–Kier alpha value is -4.58. The SMILES string of the molecule is N#Cc1ccc(N2C(=O)N(c3ccc(C#N)cc3)C(O)(c3cccc(OC(F)(F)F)c3)C23COC3)cc1. The number of amides is 2. The van der Waals surface area contributed by atoms with E-state index in [1.165, 1.54) is 53.4 Å². The molecule has 11 heteroatoms. The van der Waals surface area contributed by atoms with Gasteiger partial charge in [-0.2, -0.15) is 10.5 Å². The molecule has 37 heavy (non-hydrogen) atoms. The number of ether oxygens (including phenoxy) is 2. The molecule has 2 amide bonds. The highest BCUT2D eigenvalue weighted by Gasteiger charge is 2.72. The molecule has 8 nitrogen and oxygen atoms in total. The number of nitriles is 2. The molecule has 2 aliphatic rings. The van der Waals surface area contributed by atoms with Crippen LogP contribution in [0, 0.1) is 22.7 Å². The molecule has 3 aromatic carbocycles. The minimum atomic E-state index is -4.97. The van der Waals surface area contributed by atoms with Crippen LogP contribution in [0.4, 0.5) is 29.3 Å². The number of halogens is 3. The van der Waals surface area contributed by atoms with Crippen molar-refractivity contribution in [2.75, 3.05) is 23.0 Å². The first-order chi connectivity index (χ1) is 17.6. The third-order valence-electron chi connectivity index (χ3n) is 6.44. The number of rotatable bonds is 4. The van der Waals surface area contributed by atoms with Gasteiger partial charge in [0.25, 0.3) is 0 Å². The summed E-state index contributed by atoms with van der Waals surface area (Å²) in [5, 5.41) is 30.8. The van der Waals surface area contributed by atoms with Crippen molar-refractivity contribution >= 4 is 17.4 Å². The van der Waals surface area contributed by atoms with Gasteiger partial charge < -0.3 is 14.6 Å². The summed E-state index contributed by atoms with van der Waals surface area (Å²) in [5.74, 6) is -0.571. The quantitative estimate of drug-likeness (QED) is 0.562. The molecular weight excluding hydrogens is 489 g/mol. The van der Waals surface area contributed by atoms with E-state index in [-0.39, 0.29) is 24.5 Å². The van der Waals surface area contributed by atoms with Gasteiger partial charge >= 0.3 is 12.4 Å².